The maximum absolute atomic E-state index is 11.5. The van der Waals surface area contributed by atoms with Crippen LogP contribution in [0.25, 0.3) is 0 Å². The van der Waals surface area contributed by atoms with Gasteiger partial charge in [0.2, 0.25) is 11.8 Å². The number of carbonyl (C=O) groups is 3. The molecule has 2 aliphatic rings. The Bertz CT molecular complexity index is 550. The number of rotatable bonds is 4. The normalized spacial score (nSPS) is 29.9. The van der Waals surface area contributed by atoms with Gasteiger partial charge < -0.3 is 20.1 Å². The smallest absolute Gasteiger partial charge is 0.233 e. The molecule has 0 aromatic carbocycles. The van der Waals surface area contributed by atoms with E-state index in [9.17, 15) is 29.7 Å². The van der Waals surface area contributed by atoms with E-state index >= 15 is 0 Å². The van der Waals surface area contributed by atoms with Crippen LogP contribution in [0.5, 0.6) is 0 Å². The number of carbonyl (C=O) groups excluding carboxylic acids is 3. The predicted octanol–water partition coefficient (Wildman–Crippen LogP) is 2.42. The molecule has 2 saturated heterocycles. The maximum atomic E-state index is 11.5. The molecule has 6 unspecified atom stereocenters. The summed E-state index contributed by atoms with van der Waals surface area (Å²) in [6.07, 6.45) is -5.11. The van der Waals surface area contributed by atoms with E-state index < -0.39 is 30.5 Å². The Morgan fingerprint density at radius 3 is 1.77 bits per heavy atom. The van der Waals surface area contributed by atoms with Gasteiger partial charge in [0.15, 0.2) is 5.78 Å². The number of imide groups is 1. The molecule has 0 saturated carbocycles. The summed E-state index contributed by atoms with van der Waals surface area (Å²) in [5, 5.41) is 28.7. The first kappa shape index (κ1) is 34.3. The van der Waals surface area contributed by atoms with Crippen LogP contribution in [-0.2, 0) is 19.1 Å². The molecular formula is C23H47NO7. The summed E-state index contributed by atoms with van der Waals surface area (Å²) in [7, 11) is 0. The van der Waals surface area contributed by atoms with Gasteiger partial charge >= 0.3 is 0 Å². The summed E-state index contributed by atoms with van der Waals surface area (Å²) in [6, 6.07) is 0. The number of hydrogen-bond donors (Lipinski definition) is 3. The number of aliphatic hydroxyl groups excluding tert-OH is 3. The molecule has 8 nitrogen and oxygen atoms in total. The summed E-state index contributed by atoms with van der Waals surface area (Å²) >= 11 is 0. The topological polar surface area (TPSA) is 124 Å². The van der Waals surface area contributed by atoms with Crippen LogP contribution in [0.4, 0.5) is 0 Å². The van der Waals surface area contributed by atoms with Crippen LogP contribution >= 0.6 is 0 Å². The molecule has 2 aliphatic heterocycles. The minimum absolute atomic E-state index is 0. The van der Waals surface area contributed by atoms with Gasteiger partial charge in [-0.05, 0) is 25.7 Å². The minimum atomic E-state index is -1.35. The maximum Gasteiger partial charge on any atom is 0.233 e. The first-order valence-corrected chi connectivity index (χ1v) is 10.5. The van der Waals surface area contributed by atoms with E-state index in [1.54, 1.807) is 0 Å². The van der Waals surface area contributed by atoms with Crippen LogP contribution in [-0.4, -0.2) is 74.9 Å². The number of amides is 2. The predicted molar refractivity (Wildman–Crippen MR) is 122 cm³/mol. The van der Waals surface area contributed by atoms with Crippen molar-refractivity contribution in [3.63, 3.8) is 0 Å². The Kier molecular flexibility index (Phi) is 17.1. The van der Waals surface area contributed by atoms with Crippen LogP contribution in [0.1, 0.15) is 76.7 Å². The van der Waals surface area contributed by atoms with Crippen LogP contribution < -0.4 is 0 Å². The van der Waals surface area contributed by atoms with Gasteiger partial charge in [-0.15, -0.1) is 0 Å². The fourth-order valence-corrected chi connectivity index (χ4v) is 3.36. The van der Waals surface area contributed by atoms with Crippen molar-refractivity contribution in [2.75, 3.05) is 6.54 Å². The molecule has 2 rings (SSSR count). The highest BCUT2D eigenvalue weighted by Crippen LogP contribution is 2.26. The molecular weight excluding hydrogens is 402 g/mol. The Balaban J connectivity index is -0.000000449. The number of hydrogen-bond acceptors (Lipinski definition) is 7. The number of ether oxygens (including phenoxy) is 1. The molecule has 3 N–H and O–H groups in total. The average molecular weight is 450 g/mol. The molecule has 0 spiro atoms. The summed E-state index contributed by atoms with van der Waals surface area (Å²) in [4.78, 5) is 35.2. The number of Topliss-reactive ketones (excluding diaryl/α,β-unsaturated/α-hetero) is 1. The van der Waals surface area contributed by atoms with Gasteiger partial charge in [0, 0.05) is 18.9 Å². The van der Waals surface area contributed by atoms with Crippen molar-refractivity contribution in [2.45, 2.75) is 107 Å². The van der Waals surface area contributed by atoms with Crippen molar-refractivity contribution in [1.29, 1.82) is 0 Å². The number of ketones is 1. The average Bonchev–Trinajstić information content (AvgIpc) is 2.95. The van der Waals surface area contributed by atoms with Crippen LogP contribution in [0.15, 0.2) is 0 Å². The molecule has 2 heterocycles. The third-order valence-electron chi connectivity index (χ3n) is 5.11. The standard InChI is InChI=1S/C10H18O5.C9H15NO2.C2H6.2CH4/c1-4(2)9-7(13)6(12)8(14)10(15-9)5(3)11;1-4-10-8(11)5-7(6(2)3)9(10)12;1-2;;/h4,6-10,12-14H,1-3H3;6-7H,4-5H2,1-3H3;1-2H3;2*1H4. The highest BCUT2D eigenvalue weighted by molar-refractivity contribution is 6.03. The van der Waals surface area contributed by atoms with Gasteiger partial charge in [0.25, 0.3) is 0 Å². The second-order valence-electron chi connectivity index (χ2n) is 7.88. The number of likely N-dealkylation sites (tertiary alicyclic amines) is 1. The molecule has 0 radical (unpaired) electrons. The lowest BCUT2D eigenvalue weighted by molar-refractivity contribution is -0.227. The van der Waals surface area contributed by atoms with E-state index in [1.165, 1.54) is 11.8 Å². The van der Waals surface area contributed by atoms with Crippen LogP contribution in [0.3, 0.4) is 0 Å². The molecule has 0 aromatic rings. The zero-order valence-electron chi connectivity index (χ0n) is 19.0. The van der Waals surface area contributed by atoms with E-state index in [-0.39, 0.29) is 50.2 Å². The molecule has 186 valence electrons. The highest BCUT2D eigenvalue weighted by Gasteiger charge is 2.46. The zero-order chi connectivity index (χ0) is 23.0. The van der Waals surface area contributed by atoms with Crippen molar-refractivity contribution in [3.8, 4) is 0 Å². The first-order valence-electron chi connectivity index (χ1n) is 10.5. The molecule has 0 bridgehead atoms. The highest BCUT2D eigenvalue weighted by atomic mass is 16.5. The number of nitrogens with zero attached hydrogens (tertiary/aromatic N) is 1. The lowest BCUT2D eigenvalue weighted by Crippen LogP contribution is -2.60. The van der Waals surface area contributed by atoms with E-state index in [2.05, 4.69) is 0 Å². The molecule has 0 aliphatic carbocycles. The summed E-state index contributed by atoms with van der Waals surface area (Å²) in [6.45, 7) is 15.2. The molecule has 8 heteroatoms. The van der Waals surface area contributed by atoms with Crippen LogP contribution in [0.2, 0.25) is 0 Å². The van der Waals surface area contributed by atoms with Gasteiger partial charge in [0.1, 0.15) is 24.4 Å². The van der Waals surface area contributed by atoms with Gasteiger partial charge in [0.05, 0.1) is 6.10 Å². The Labute approximate surface area is 189 Å². The summed E-state index contributed by atoms with van der Waals surface area (Å²) < 4.78 is 5.29. The summed E-state index contributed by atoms with van der Waals surface area (Å²) in [5.74, 6) is -0.183. The second-order valence-corrected chi connectivity index (χ2v) is 7.88. The summed E-state index contributed by atoms with van der Waals surface area (Å²) in [5.41, 5.74) is 0. The number of aliphatic hydroxyl groups is 3. The molecule has 0 aromatic heterocycles. The minimum Gasteiger partial charge on any atom is -0.388 e. The fraction of sp³-hybridized carbons (Fsp3) is 0.870. The third-order valence-corrected chi connectivity index (χ3v) is 5.11. The fourth-order valence-electron chi connectivity index (χ4n) is 3.36. The van der Waals surface area contributed by atoms with Gasteiger partial charge in [-0.1, -0.05) is 56.4 Å². The van der Waals surface area contributed by atoms with Crippen molar-refractivity contribution >= 4 is 17.6 Å². The Hall–Kier alpha value is -1.35. The largest absolute Gasteiger partial charge is 0.388 e. The third kappa shape index (κ3) is 8.60. The first-order chi connectivity index (χ1) is 13.4. The lowest BCUT2D eigenvalue weighted by atomic mass is 9.88. The monoisotopic (exact) mass is 449 g/mol. The van der Waals surface area contributed by atoms with Crippen molar-refractivity contribution in [3.05, 3.63) is 0 Å². The van der Waals surface area contributed by atoms with E-state index in [4.69, 9.17) is 4.74 Å². The zero-order valence-corrected chi connectivity index (χ0v) is 19.0. The van der Waals surface area contributed by atoms with E-state index in [1.807, 2.05) is 48.5 Å². The molecule has 2 amide bonds. The Morgan fingerprint density at radius 1 is 1.00 bits per heavy atom. The van der Waals surface area contributed by atoms with Crippen LogP contribution in [0, 0.1) is 17.8 Å². The quantitative estimate of drug-likeness (QED) is 0.563. The second kappa shape index (κ2) is 15.5. The van der Waals surface area contributed by atoms with E-state index in [0.29, 0.717) is 13.0 Å². The van der Waals surface area contributed by atoms with Gasteiger partial charge in [-0.2, -0.15) is 0 Å². The van der Waals surface area contributed by atoms with Gasteiger partial charge in [-0.3, -0.25) is 19.3 Å². The Morgan fingerprint density at radius 2 is 1.48 bits per heavy atom. The van der Waals surface area contributed by atoms with E-state index in [0.717, 1.165) is 0 Å². The van der Waals surface area contributed by atoms with Crippen molar-refractivity contribution in [1.82, 2.24) is 4.90 Å². The molecule has 6 atom stereocenters. The lowest BCUT2D eigenvalue weighted by Gasteiger charge is -2.41. The SMILES string of the molecule is C.C.CC.CC(=O)C1OC(C(C)C)C(O)C(O)C1O.CCN1C(=O)CC(C(C)C)C1=O. The molecule has 31 heavy (non-hydrogen) atoms. The van der Waals surface area contributed by atoms with Gasteiger partial charge in [-0.25, -0.2) is 0 Å². The molecule has 2 fully saturated rings. The van der Waals surface area contributed by atoms with Crippen molar-refractivity contribution in [2.24, 2.45) is 17.8 Å². The van der Waals surface area contributed by atoms with Crippen molar-refractivity contribution < 1.29 is 34.4 Å².